The second kappa shape index (κ2) is 7.66. The van der Waals surface area contributed by atoms with Crippen LogP contribution < -0.4 is 5.32 Å². The molecule has 0 spiro atoms. The molecular formula is C11H24N2O3S. The summed E-state index contributed by atoms with van der Waals surface area (Å²) < 4.78 is 24.2. The highest BCUT2D eigenvalue weighted by Gasteiger charge is 2.19. The maximum Gasteiger partial charge on any atom is 0.220 e. The van der Waals surface area contributed by atoms with Crippen molar-refractivity contribution in [2.75, 3.05) is 19.3 Å². The predicted molar refractivity (Wildman–Crippen MR) is 69.2 cm³/mol. The van der Waals surface area contributed by atoms with E-state index in [2.05, 4.69) is 5.32 Å². The third-order valence-corrected chi connectivity index (χ3v) is 3.87. The minimum absolute atomic E-state index is 0.0101. The van der Waals surface area contributed by atoms with Crippen LogP contribution in [0.4, 0.5) is 0 Å². The van der Waals surface area contributed by atoms with E-state index >= 15 is 0 Å². The van der Waals surface area contributed by atoms with E-state index in [0.29, 0.717) is 19.5 Å². The Morgan fingerprint density at radius 3 is 2.35 bits per heavy atom. The molecule has 0 atom stereocenters. The quantitative estimate of drug-likeness (QED) is 0.710. The number of amides is 1. The average molecular weight is 264 g/mol. The van der Waals surface area contributed by atoms with Crippen LogP contribution in [-0.4, -0.2) is 44.0 Å². The van der Waals surface area contributed by atoms with Gasteiger partial charge in [0, 0.05) is 25.6 Å². The van der Waals surface area contributed by atoms with Crippen LogP contribution in [0.1, 0.15) is 40.0 Å². The Morgan fingerprint density at radius 1 is 1.35 bits per heavy atom. The van der Waals surface area contributed by atoms with Crippen molar-refractivity contribution in [3.63, 3.8) is 0 Å². The molecule has 0 heterocycles. The third-order valence-electron chi connectivity index (χ3n) is 2.41. The summed E-state index contributed by atoms with van der Waals surface area (Å²) in [6, 6.07) is -0.0856. The summed E-state index contributed by atoms with van der Waals surface area (Å²) in [6.07, 6.45) is 3.55. The van der Waals surface area contributed by atoms with E-state index in [9.17, 15) is 13.2 Å². The number of nitrogens with zero attached hydrogens (tertiary/aromatic N) is 1. The topological polar surface area (TPSA) is 66.5 Å². The molecule has 5 nitrogen and oxygen atoms in total. The number of carbonyl (C=O) groups is 1. The Morgan fingerprint density at radius 2 is 1.94 bits per heavy atom. The lowest BCUT2D eigenvalue weighted by atomic mass is 10.2. The number of hydrogen-bond donors (Lipinski definition) is 1. The maximum atomic E-state index is 11.4. The molecule has 0 aromatic carbocycles. The Balaban J connectivity index is 4.04. The predicted octanol–water partition coefficient (Wildman–Crippen LogP) is 0.963. The summed E-state index contributed by atoms with van der Waals surface area (Å²) >= 11 is 0. The molecule has 0 aromatic heterocycles. The van der Waals surface area contributed by atoms with Gasteiger partial charge in [-0.1, -0.05) is 13.3 Å². The van der Waals surface area contributed by atoms with Crippen LogP contribution in [-0.2, 0) is 14.8 Å². The number of unbranched alkanes of at least 4 members (excludes halogenated alkanes) is 1. The fraction of sp³-hybridized carbons (Fsp3) is 0.909. The summed E-state index contributed by atoms with van der Waals surface area (Å²) in [5, 5.41) is 2.73. The second-order valence-corrected chi connectivity index (χ2v) is 6.36. The second-order valence-electron chi connectivity index (χ2n) is 4.42. The van der Waals surface area contributed by atoms with Gasteiger partial charge in [-0.05, 0) is 20.3 Å². The van der Waals surface area contributed by atoms with Gasteiger partial charge in [-0.15, -0.1) is 0 Å². The third kappa shape index (κ3) is 7.33. The van der Waals surface area contributed by atoms with Gasteiger partial charge in [0.05, 0.1) is 6.26 Å². The highest BCUT2D eigenvalue weighted by Crippen LogP contribution is 2.03. The van der Waals surface area contributed by atoms with Crippen LogP contribution in [0.3, 0.4) is 0 Å². The Bertz CT molecular complexity index is 326. The van der Waals surface area contributed by atoms with Gasteiger partial charge in [0.25, 0.3) is 0 Å². The average Bonchev–Trinajstić information content (AvgIpc) is 2.18. The van der Waals surface area contributed by atoms with E-state index in [4.69, 9.17) is 0 Å². The molecule has 0 saturated carbocycles. The van der Waals surface area contributed by atoms with Crippen molar-refractivity contribution in [2.45, 2.75) is 46.1 Å². The molecule has 1 amide bonds. The molecule has 1 N–H and O–H groups in total. The van der Waals surface area contributed by atoms with Crippen molar-refractivity contribution >= 4 is 15.9 Å². The van der Waals surface area contributed by atoms with Gasteiger partial charge in [-0.2, -0.15) is 4.31 Å². The summed E-state index contributed by atoms with van der Waals surface area (Å²) in [5.41, 5.74) is 0. The number of hydrogen-bond acceptors (Lipinski definition) is 3. The molecule has 0 rings (SSSR count). The number of sulfonamides is 1. The zero-order valence-electron chi connectivity index (χ0n) is 11.2. The fourth-order valence-electron chi connectivity index (χ4n) is 1.54. The van der Waals surface area contributed by atoms with Crippen molar-refractivity contribution in [2.24, 2.45) is 0 Å². The molecule has 0 unspecified atom stereocenters. The lowest BCUT2D eigenvalue weighted by Crippen LogP contribution is -2.41. The van der Waals surface area contributed by atoms with Gasteiger partial charge in [0.15, 0.2) is 0 Å². The minimum atomic E-state index is -3.20. The Hall–Kier alpha value is -0.620. The smallest absolute Gasteiger partial charge is 0.220 e. The van der Waals surface area contributed by atoms with Crippen molar-refractivity contribution in [3.05, 3.63) is 0 Å². The molecule has 6 heteroatoms. The highest BCUT2D eigenvalue weighted by atomic mass is 32.2. The highest BCUT2D eigenvalue weighted by molar-refractivity contribution is 7.88. The summed E-state index contributed by atoms with van der Waals surface area (Å²) in [4.78, 5) is 11.3. The number of nitrogens with one attached hydrogen (secondary N) is 1. The number of carbonyl (C=O) groups excluding carboxylic acids is 1. The van der Waals surface area contributed by atoms with Gasteiger partial charge in [-0.25, -0.2) is 8.42 Å². The van der Waals surface area contributed by atoms with Gasteiger partial charge >= 0.3 is 0 Å². The van der Waals surface area contributed by atoms with Crippen LogP contribution in [0.25, 0.3) is 0 Å². The van der Waals surface area contributed by atoms with Crippen molar-refractivity contribution in [1.82, 2.24) is 9.62 Å². The van der Waals surface area contributed by atoms with Gasteiger partial charge in [0.1, 0.15) is 0 Å². The van der Waals surface area contributed by atoms with E-state index in [1.807, 2.05) is 20.8 Å². The minimum Gasteiger partial charge on any atom is -0.355 e. The molecule has 0 saturated heterocycles. The molecule has 0 aliphatic rings. The summed E-state index contributed by atoms with van der Waals surface area (Å²) in [5.74, 6) is -0.0101. The Kier molecular flexibility index (Phi) is 7.38. The van der Waals surface area contributed by atoms with Gasteiger partial charge in [-0.3, -0.25) is 4.79 Å². The van der Waals surface area contributed by atoms with E-state index in [0.717, 1.165) is 12.8 Å². The first-order chi connectivity index (χ1) is 7.79. The molecule has 102 valence electrons. The monoisotopic (exact) mass is 264 g/mol. The van der Waals surface area contributed by atoms with Crippen molar-refractivity contribution in [1.29, 1.82) is 0 Å². The zero-order chi connectivity index (χ0) is 13.5. The summed E-state index contributed by atoms with van der Waals surface area (Å²) in [6.45, 7) is 6.36. The molecule has 0 radical (unpaired) electrons. The lowest BCUT2D eigenvalue weighted by molar-refractivity contribution is -0.121. The first-order valence-corrected chi connectivity index (χ1v) is 7.87. The van der Waals surface area contributed by atoms with Crippen LogP contribution in [0.5, 0.6) is 0 Å². The van der Waals surface area contributed by atoms with E-state index in [-0.39, 0.29) is 11.9 Å². The van der Waals surface area contributed by atoms with Crippen LogP contribution >= 0.6 is 0 Å². The molecule has 0 bridgehead atoms. The largest absolute Gasteiger partial charge is 0.355 e. The van der Waals surface area contributed by atoms with Gasteiger partial charge < -0.3 is 5.32 Å². The molecule has 17 heavy (non-hydrogen) atoms. The number of rotatable bonds is 8. The van der Waals surface area contributed by atoms with E-state index in [1.165, 1.54) is 10.6 Å². The van der Waals surface area contributed by atoms with Crippen LogP contribution in [0.15, 0.2) is 0 Å². The molecule has 0 aromatic rings. The maximum absolute atomic E-state index is 11.4. The standard InChI is InChI=1S/C11H24N2O3S/c1-5-6-7-11(14)12-8-9-13(10(2)3)17(4,15)16/h10H,5-9H2,1-4H3,(H,12,14). The first-order valence-electron chi connectivity index (χ1n) is 6.02. The fourth-order valence-corrected chi connectivity index (χ4v) is 2.73. The first kappa shape index (κ1) is 16.4. The van der Waals surface area contributed by atoms with E-state index in [1.54, 1.807) is 0 Å². The molecule has 0 fully saturated rings. The van der Waals surface area contributed by atoms with Crippen LogP contribution in [0.2, 0.25) is 0 Å². The van der Waals surface area contributed by atoms with Crippen molar-refractivity contribution in [3.8, 4) is 0 Å². The van der Waals surface area contributed by atoms with E-state index < -0.39 is 10.0 Å². The molecule has 0 aliphatic heterocycles. The normalized spacial score (nSPS) is 12.1. The van der Waals surface area contributed by atoms with Crippen molar-refractivity contribution < 1.29 is 13.2 Å². The summed E-state index contributed by atoms with van der Waals surface area (Å²) in [7, 11) is -3.20. The molecule has 0 aliphatic carbocycles. The van der Waals surface area contributed by atoms with Crippen LogP contribution in [0, 0.1) is 0 Å². The molecular weight excluding hydrogens is 240 g/mol. The zero-order valence-corrected chi connectivity index (χ0v) is 12.0. The lowest BCUT2D eigenvalue weighted by Gasteiger charge is -2.23. The van der Waals surface area contributed by atoms with Gasteiger partial charge in [0.2, 0.25) is 15.9 Å². The Labute approximate surface area is 105 Å². The SMILES string of the molecule is CCCCC(=O)NCCN(C(C)C)S(C)(=O)=O.